The molecule has 1 aromatic heterocycles. The third-order valence-electron chi connectivity index (χ3n) is 4.18. The fourth-order valence-corrected chi connectivity index (χ4v) is 3.09. The molecule has 3 heterocycles. The smallest absolute Gasteiger partial charge is 0.104 e. The summed E-state index contributed by atoms with van der Waals surface area (Å²) in [7, 11) is 2.20. The van der Waals surface area contributed by atoms with Crippen LogP contribution in [-0.2, 0) is 0 Å². The summed E-state index contributed by atoms with van der Waals surface area (Å²) in [4.78, 5) is 2.40. The second-order valence-corrected chi connectivity index (χ2v) is 5.40. The molecule has 3 rings (SSSR count). The molecular weight excluding hydrogens is 212 g/mol. The monoisotopic (exact) mass is 234 g/mol. The molecule has 2 saturated heterocycles. The van der Waals surface area contributed by atoms with E-state index in [1.165, 1.54) is 44.3 Å². The molecule has 0 saturated carbocycles. The van der Waals surface area contributed by atoms with Crippen LogP contribution in [0.25, 0.3) is 0 Å². The highest BCUT2D eigenvalue weighted by atomic mass is 15.4. The van der Waals surface area contributed by atoms with E-state index in [0.717, 1.165) is 6.54 Å². The summed E-state index contributed by atoms with van der Waals surface area (Å²) in [5, 5.41) is 8.04. The van der Waals surface area contributed by atoms with E-state index in [9.17, 15) is 0 Å². The van der Waals surface area contributed by atoms with Crippen LogP contribution in [0.3, 0.4) is 0 Å². The summed E-state index contributed by atoms with van der Waals surface area (Å²) in [5.41, 5.74) is 1.41. The minimum Gasteiger partial charge on any atom is -0.316 e. The third-order valence-corrected chi connectivity index (χ3v) is 4.18. The van der Waals surface area contributed by atoms with Gasteiger partial charge in [-0.3, -0.25) is 9.58 Å². The fourth-order valence-electron chi connectivity index (χ4n) is 3.09. The fraction of sp³-hybridized carbons (Fsp3) is 0.769. The lowest BCUT2D eigenvalue weighted by molar-refractivity contribution is 0.220. The lowest BCUT2D eigenvalue weighted by Gasteiger charge is -2.22. The molecule has 4 heteroatoms. The number of likely N-dealkylation sites (tertiary alicyclic amines) is 1. The zero-order valence-corrected chi connectivity index (χ0v) is 10.6. The zero-order valence-electron chi connectivity index (χ0n) is 10.6. The van der Waals surface area contributed by atoms with Crippen molar-refractivity contribution in [1.29, 1.82) is 0 Å². The van der Waals surface area contributed by atoms with Crippen LogP contribution in [0.1, 0.15) is 43.3 Å². The van der Waals surface area contributed by atoms with Crippen molar-refractivity contribution >= 4 is 0 Å². The van der Waals surface area contributed by atoms with Crippen molar-refractivity contribution in [2.45, 2.75) is 37.8 Å². The van der Waals surface area contributed by atoms with E-state index in [4.69, 9.17) is 0 Å². The Kier molecular flexibility index (Phi) is 3.16. The van der Waals surface area contributed by atoms with E-state index in [-0.39, 0.29) is 0 Å². The molecule has 0 aromatic carbocycles. The molecule has 2 aliphatic heterocycles. The van der Waals surface area contributed by atoms with Crippen LogP contribution < -0.4 is 5.32 Å². The third kappa shape index (κ3) is 2.24. The molecule has 4 nitrogen and oxygen atoms in total. The number of piperidine rings is 1. The van der Waals surface area contributed by atoms with Crippen molar-refractivity contribution in [3.63, 3.8) is 0 Å². The van der Waals surface area contributed by atoms with Crippen molar-refractivity contribution in [2.24, 2.45) is 0 Å². The van der Waals surface area contributed by atoms with Crippen LogP contribution in [0.15, 0.2) is 12.4 Å². The summed E-state index contributed by atoms with van der Waals surface area (Å²) >= 11 is 0. The molecule has 94 valence electrons. The highest BCUT2D eigenvalue weighted by Gasteiger charge is 2.24. The van der Waals surface area contributed by atoms with Gasteiger partial charge in [0.05, 0.1) is 6.20 Å². The zero-order chi connectivity index (χ0) is 11.7. The van der Waals surface area contributed by atoms with Gasteiger partial charge < -0.3 is 5.32 Å². The highest BCUT2D eigenvalue weighted by Crippen LogP contribution is 2.27. The Hall–Kier alpha value is -0.870. The molecule has 1 N–H and O–H groups in total. The summed E-state index contributed by atoms with van der Waals surface area (Å²) in [5.74, 6) is 0.671. The van der Waals surface area contributed by atoms with Crippen molar-refractivity contribution in [2.75, 3.05) is 26.7 Å². The Morgan fingerprint density at radius 3 is 3.00 bits per heavy atom. The number of aromatic nitrogens is 2. The van der Waals surface area contributed by atoms with Gasteiger partial charge >= 0.3 is 0 Å². The summed E-state index contributed by atoms with van der Waals surface area (Å²) in [6.45, 7) is 3.49. The quantitative estimate of drug-likeness (QED) is 0.843. The van der Waals surface area contributed by atoms with E-state index in [0.29, 0.717) is 12.1 Å². The van der Waals surface area contributed by atoms with Crippen LogP contribution in [0.5, 0.6) is 0 Å². The normalized spacial score (nSPS) is 30.9. The summed E-state index contributed by atoms with van der Waals surface area (Å²) in [6.07, 6.45) is 9.95. The van der Waals surface area contributed by atoms with Crippen molar-refractivity contribution in [3.8, 4) is 0 Å². The second-order valence-electron chi connectivity index (χ2n) is 5.40. The summed E-state index contributed by atoms with van der Waals surface area (Å²) in [6, 6.07) is 0. The van der Waals surface area contributed by atoms with Gasteiger partial charge in [0.15, 0.2) is 0 Å². The average molecular weight is 234 g/mol. The van der Waals surface area contributed by atoms with Crippen LogP contribution in [0.2, 0.25) is 0 Å². The lowest BCUT2D eigenvalue weighted by Crippen LogP contribution is -2.28. The Morgan fingerprint density at radius 2 is 2.29 bits per heavy atom. The van der Waals surface area contributed by atoms with Gasteiger partial charge in [0.1, 0.15) is 6.17 Å². The number of nitrogens with one attached hydrogen (secondary N) is 1. The molecule has 0 radical (unpaired) electrons. The van der Waals surface area contributed by atoms with E-state index in [1.54, 1.807) is 0 Å². The molecule has 1 aromatic rings. The molecule has 2 fully saturated rings. The van der Waals surface area contributed by atoms with Gasteiger partial charge in [0.25, 0.3) is 0 Å². The first-order chi connectivity index (χ1) is 8.34. The molecule has 0 bridgehead atoms. The average Bonchev–Trinajstić information content (AvgIpc) is 2.98. The van der Waals surface area contributed by atoms with Crippen molar-refractivity contribution in [3.05, 3.63) is 18.0 Å². The van der Waals surface area contributed by atoms with Gasteiger partial charge in [0, 0.05) is 12.7 Å². The maximum atomic E-state index is 4.57. The van der Waals surface area contributed by atoms with E-state index < -0.39 is 0 Å². The minimum absolute atomic E-state index is 0.486. The molecule has 17 heavy (non-hydrogen) atoms. The topological polar surface area (TPSA) is 33.1 Å². The van der Waals surface area contributed by atoms with Crippen LogP contribution >= 0.6 is 0 Å². The molecule has 2 atom stereocenters. The van der Waals surface area contributed by atoms with Crippen molar-refractivity contribution in [1.82, 2.24) is 20.0 Å². The first kappa shape index (κ1) is 11.2. The predicted octanol–water partition coefficient (Wildman–Crippen LogP) is 1.57. The molecule has 2 aliphatic rings. The Bertz CT molecular complexity index is 367. The van der Waals surface area contributed by atoms with E-state index in [2.05, 4.69) is 39.4 Å². The molecule has 0 aliphatic carbocycles. The predicted molar refractivity (Wildman–Crippen MR) is 68.0 cm³/mol. The van der Waals surface area contributed by atoms with Crippen molar-refractivity contribution < 1.29 is 0 Å². The summed E-state index contributed by atoms with van der Waals surface area (Å²) < 4.78 is 2.16. The van der Waals surface area contributed by atoms with E-state index in [1.807, 2.05) is 0 Å². The lowest BCUT2D eigenvalue weighted by atomic mass is 9.94. The van der Waals surface area contributed by atoms with Gasteiger partial charge in [0.2, 0.25) is 0 Å². The minimum atomic E-state index is 0.486. The molecular formula is C13H22N4. The Morgan fingerprint density at radius 1 is 1.35 bits per heavy atom. The van der Waals surface area contributed by atoms with Crippen LogP contribution in [-0.4, -0.2) is 41.4 Å². The highest BCUT2D eigenvalue weighted by molar-refractivity contribution is 5.13. The standard InChI is InChI=1S/C13H22N4/c1-16-7-3-5-13(16)17-10-12(9-15-17)11-4-2-6-14-8-11/h9-11,13-14H,2-8H2,1H3. The van der Waals surface area contributed by atoms with Gasteiger partial charge in [-0.2, -0.15) is 5.10 Å². The Balaban J connectivity index is 1.73. The molecule has 0 spiro atoms. The maximum absolute atomic E-state index is 4.57. The number of hydrogen-bond donors (Lipinski definition) is 1. The van der Waals surface area contributed by atoms with Gasteiger partial charge in [-0.05, 0) is 57.3 Å². The van der Waals surface area contributed by atoms with Gasteiger partial charge in [-0.1, -0.05) is 0 Å². The van der Waals surface area contributed by atoms with Crippen LogP contribution in [0, 0.1) is 0 Å². The second kappa shape index (κ2) is 4.78. The van der Waals surface area contributed by atoms with Crippen LogP contribution in [0.4, 0.5) is 0 Å². The van der Waals surface area contributed by atoms with Gasteiger partial charge in [-0.25, -0.2) is 0 Å². The first-order valence-corrected chi connectivity index (χ1v) is 6.79. The number of rotatable bonds is 2. The number of hydrogen-bond acceptors (Lipinski definition) is 3. The van der Waals surface area contributed by atoms with Gasteiger partial charge in [-0.15, -0.1) is 0 Å². The Labute approximate surface area is 103 Å². The largest absolute Gasteiger partial charge is 0.316 e. The molecule has 2 unspecified atom stereocenters. The SMILES string of the molecule is CN1CCCC1n1cc(C2CCCNC2)cn1. The molecule has 0 amide bonds. The number of nitrogens with zero attached hydrogens (tertiary/aromatic N) is 3. The maximum Gasteiger partial charge on any atom is 0.104 e. The first-order valence-electron chi connectivity index (χ1n) is 6.79. The van der Waals surface area contributed by atoms with E-state index >= 15 is 0 Å².